The summed E-state index contributed by atoms with van der Waals surface area (Å²) in [6.45, 7) is 9.34. The van der Waals surface area contributed by atoms with E-state index in [1.54, 1.807) is 0 Å². The van der Waals surface area contributed by atoms with Crippen molar-refractivity contribution < 1.29 is 0 Å². The number of rotatable bonds is 5. The number of nitrogens with one attached hydrogen (secondary N) is 1. The maximum atomic E-state index is 4.65. The van der Waals surface area contributed by atoms with E-state index in [-0.39, 0.29) is 0 Å². The molecule has 0 aromatic carbocycles. The Morgan fingerprint density at radius 3 is 2.41 bits per heavy atom. The molecule has 1 N–H and O–H groups in total. The van der Waals surface area contributed by atoms with Gasteiger partial charge < -0.3 is 10.2 Å². The first kappa shape index (κ1) is 13.9. The summed E-state index contributed by atoms with van der Waals surface area (Å²) in [6.07, 6.45) is 1.94. The van der Waals surface area contributed by atoms with Gasteiger partial charge in [0, 0.05) is 25.6 Å². The maximum absolute atomic E-state index is 4.65. The van der Waals surface area contributed by atoms with Crippen LogP contribution in [-0.4, -0.2) is 30.1 Å². The molecule has 0 fully saturated rings. The first-order valence-corrected chi connectivity index (χ1v) is 6.20. The summed E-state index contributed by atoms with van der Waals surface area (Å²) in [5.74, 6) is 1.28. The van der Waals surface area contributed by atoms with Gasteiger partial charge in [-0.3, -0.25) is 0 Å². The van der Waals surface area contributed by atoms with Gasteiger partial charge in [-0.05, 0) is 20.9 Å². The largest absolute Gasteiger partial charge is 0.369 e. The third-order valence-corrected chi connectivity index (χ3v) is 2.88. The van der Waals surface area contributed by atoms with Gasteiger partial charge in [0.05, 0.1) is 17.6 Å². The van der Waals surface area contributed by atoms with Crippen molar-refractivity contribution in [2.75, 3.05) is 19.0 Å². The minimum atomic E-state index is 0.365. The Hall–Kier alpha value is -1.16. The summed E-state index contributed by atoms with van der Waals surface area (Å²) in [7, 11) is 4.02. The van der Waals surface area contributed by atoms with E-state index in [4.69, 9.17) is 0 Å². The van der Waals surface area contributed by atoms with Gasteiger partial charge in [0.15, 0.2) is 0 Å². The zero-order valence-electron chi connectivity index (χ0n) is 11.8. The summed E-state index contributed by atoms with van der Waals surface area (Å²) in [5.41, 5.74) is 2.18. The monoisotopic (exact) mass is 236 g/mol. The van der Waals surface area contributed by atoms with Crippen LogP contribution in [0.5, 0.6) is 0 Å². The number of anilines is 1. The molecule has 1 aromatic heterocycles. The zero-order chi connectivity index (χ0) is 13.0. The third-order valence-electron chi connectivity index (χ3n) is 2.88. The molecule has 4 nitrogen and oxygen atoms in total. The molecule has 1 rings (SSSR count). The molecule has 0 saturated heterocycles. The SMILES string of the molecule is CNCc1nc(C(C)C)ncc1N(C)C(C)C. The standard InChI is InChI=1S/C13H24N4/c1-9(2)13-15-8-12(17(6)10(3)4)11(16-13)7-14-5/h8-10,14H,7H2,1-6H3. The van der Waals surface area contributed by atoms with Crippen LogP contribution in [-0.2, 0) is 6.54 Å². The van der Waals surface area contributed by atoms with Crippen molar-refractivity contribution in [3.8, 4) is 0 Å². The van der Waals surface area contributed by atoms with E-state index in [1.807, 2.05) is 13.2 Å². The molecule has 17 heavy (non-hydrogen) atoms. The van der Waals surface area contributed by atoms with Crippen LogP contribution >= 0.6 is 0 Å². The molecular formula is C13H24N4. The summed E-state index contributed by atoms with van der Waals surface area (Å²) in [5, 5.41) is 3.17. The van der Waals surface area contributed by atoms with Crippen LogP contribution < -0.4 is 10.2 Å². The Morgan fingerprint density at radius 1 is 1.29 bits per heavy atom. The van der Waals surface area contributed by atoms with Crippen molar-refractivity contribution in [2.45, 2.75) is 46.2 Å². The van der Waals surface area contributed by atoms with Gasteiger partial charge >= 0.3 is 0 Å². The molecule has 0 radical (unpaired) electrons. The normalized spacial score (nSPS) is 11.3. The van der Waals surface area contributed by atoms with Crippen LogP contribution in [0.2, 0.25) is 0 Å². The highest BCUT2D eigenvalue weighted by atomic mass is 15.1. The van der Waals surface area contributed by atoms with Crippen LogP contribution in [0.15, 0.2) is 6.20 Å². The molecule has 96 valence electrons. The lowest BCUT2D eigenvalue weighted by Gasteiger charge is -2.26. The van der Waals surface area contributed by atoms with E-state index in [2.05, 4.69) is 54.9 Å². The summed E-state index contributed by atoms with van der Waals surface area (Å²) in [4.78, 5) is 11.3. The lowest BCUT2D eigenvalue weighted by molar-refractivity contribution is 0.698. The number of hydrogen-bond acceptors (Lipinski definition) is 4. The molecule has 1 heterocycles. The first-order chi connectivity index (χ1) is 7.97. The predicted molar refractivity (Wildman–Crippen MR) is 72.4 cm³/mol. The topological polar surface area (TPSA) is 41.1 Å². The van der Waals surface area contributed by atoms with E-state index in [9.17, 15) is 0 Å². The van der Waals surface area contributed by atoms with Gasteiger partial charge in [0.25, 0.3) is 0 Å². The molecule has 4 heteroatoms. The van der Waals surface area contributed by atoms with Crippen molar-refractivity contribution in [3.05, 3.63) is 17.7 Å². The molecule has 0 aliphatic rings. The molecule has 0 aliphatic heterocycles. The van der Waals surface area contributed by atoms with Crippen molar-refractivity contribution >= 4 is 5.69 Å². The molecule has 0 bridgehead atoms. The van der Waals surface area contributed by atoms with Gasteiger partial charge in [-0.15, -0.1) is 0 Å². The lowest BCUT2D eigenvalue weighted by Crippen LogP contribution is -2.28. The van der Waals surface area contributed by atoms with Crippen molar-refractivity contribution in [1.82, 2.24) is 15.3 Å². The van der Waals surface area contributed by atoms with Gasteiger partial charge in [-0.1, -0.05) is 13.8 Å². The molecular weight excluding hydrogens is 212 g/mol. The zero-order valence-corrected chi connectivity index (χ0v) is 11.8. The Labute approximate surface area is 104 Å². The highest BCUT2D eigenvalue weighted by Gasteiger charge is 2.14. The van der Waals surface area contributed by atoms with Crippen LogP contribution in [0.1, 0.15) is 45.1 Å². The quantitative estimate of drug-likeness (QED) is 0.850. The average Bonchev–Trinajstić information content (AvgIpc) is 2.28. The Balaban J connectivity index is 3.12. The van der Waals surface area contributed by atoms with Crippen molar-refractivity contribution in [2.24, 2.45) is 0 Å². The highest BCUT2D eigenvalue weighted by molar-refractivity contribution is 5.49. The van der Waals surface area contributed by atoms with Crippen molar-refractivity contribution in [3.63, 3.8) is 0 Å². The molecule has 0 amide bonds. The summed E-state index contributed by atoms with van der Waals surface area (Å²) < 4.78 is 0. The fourth-order valence-corrected chi connectivity index (χ4v) is 1.57. The molecule has 0 aliphatic carbocycles. The van der Waals surface area contributed by atoms with E-state index in [1.165, 1.54) is 0 Å². The smallest absolute Gasteiger partial charge is 0.131 e. The van der Waals surface area contributed by atoms with E-state index >= 15 is 0 Å². The van der Waals surface area contributed by atoms with E-state index in [0.29, 0.717) is 12.0 Å². The summed E-state index contributed by atoms with van der Waals surface area (Å²) in [6, 6.07) is 0.444. The fourth-order valence-electron chi connectivity index (χ4n) is 1.57. The molecule has 0 saturated carbocycles. The predicted octanol–water partition coefficient (Wildman–Crippen LogP) is 2.16. The summed E-state index contributed by atoms with van der Waals surface area (Å²) >= 11 is 0. The van der Waals surface area contributed by atoms with Gasteiger partial charge in [0.2, 0.25) is 0 Å². The third kappa shape index (κ3) is 3.40. The lowest BCUT2D eigenvalue weighted by atomic mass is 10.2. The van der Waals surface area contributed by atoms with E-state index < -0.39 is 0 Å². The second kappa shape index (κ2) is 5.96. The van der Waals surface area contributed by atoms with Gasteiger partial charge in [-0.25, -0.2) is 9.97 Å². The Kier molecular flexibility index (Phi) is 4.87. The second-order valence-electron chi connectivity index (χ2n) is 4.95. The minimum absolute atomic E-state index is 0.365. The van der Waals surface area contributed by atoms with Gasteiger partial charge in [-0.2, -0.15) is 0 Å². The average molecular weight is 236 g/mol. The van der Waals surface area contributed by atoms with Crippen LogP contribution in [0, 0.1) is 0 Å². The minimum Gasteiger partial charge on any atom is -0.369 e. The van der Waals surface area contributed by atoms with Crippen LogP contribution in [0.25, 0.3) is 0 Å². The highest BCUT2D eigenvalue weighted by Crippen LogP contribution is 2.20. The number of aromatic nitrogens is 2. The second-order valence-corrected chi connectivity index (χ2v) is 4.95. The van der Waals surface area contributed by atoms with Gasteiger partial charge in [0.1, 0.15) is 5.82 Å². The van der Waals surface area contributed by atoms with Crippen LogP contribution in [0.4, 0.5) is 5.69 Å². The Morgan fingerprint density at radius 2 is 1.94 bits per heavy atom. The first-order valence-electron chi connectivity index (χ1n) is 6.20. The fraction of sp³-hybridized carbons (Fsp3) is 0.692. The molecule has 0 unspecified atom stereocenters. The Bertz CT molecular complexity index is 360. The maximum Gasteiger partial charge on any atom is 0.131 e. The number of nitrogens with zero attached hydrogens (tertiary/aromatic N) is 3. The van der Waals surface area contributed by atoms with Crippen LogP contribution in [0.3, 0.4) is 0 Å². The molecule has 0 atom stereocenters. The molecule has 1 aromatic rings. The molecule has 0 spiro atoms. The van der Waals surface area contributed by atoms with Crippen molar-refractivity contribution in [1.29, 1.82) is 0 Å². The van der Waals surface area contributed by atoms with E-state index in [0.717, 1.165) is 23.8 Å². The number of hydrogen-bond donors (Lipinski definition) is 1.